The van der Waals surface area contributed by atoms with E-state index in [2.05, 4.69) is 10.3 Å². The quantitative estimate of drug-likeness (QED) is 0.687. The zero-order chi connectivity index (χ0) is 12.4. The van der Waals surface area contributed by atoms with E-state index >= 15 is 0 Å². The summed E-state index contributed by atoms with van der Waals surface area (Å²) >= 11 is 0. The first-order valence-electron chi connectivity index (χ1n) is 5.03. The van der Waals surface area contributed by atoms with E-state index in [1.165, 1.54) is 4.57 Å². The first-order valence-corrected chi connectivity index (χ1v) is 5.03. The van der Waals surface area contributed by atoms with Crippen LogP contribution in [0.3, 0.4) is 0 Å². The number of benzene rings is 1. The number of hydrogen-bond acceptors (Lipinski definition) is 4. The molecule has 0 atom stereocenters. The molecule has 6 heteroatoms. The lowest BCUT2D eigenvalue weighted by molar-refractivity contribution is 0.910. The van der Waals surface area contributed by atoms with Gasteiger partial charge in [-0.3, -0.25) is 9.78 Å². The van der Waals surface area contributed by atoms with E-state index in [-0.39, 0.29) is 11.5 Å². The predicted octanol–water partition coefficient (Wildman–Crippen LogP) is 0.150. The Bertz CT molecular complexity index is 643. The molecule has 0 amide bonds. The molecule has 0 saturated carbocycles. The lowest BCUT2D eigenvalue weighted by atomic mass is 10.3. The predicted molar refractivity (Wildman–Crippen MR) is 66.6 cm³/mol. The van der Waals surface area contributed by atoms with Crippen LogP contribution in [0, 0.1) is 0 Å². The average molecular weight is 232 g/mol. The number of aromatic nitrogens is 2. The summed E-state index contributed by atoms with van der Waals surface area (Å²) in [5.74, 6) is 0.0902. The Balaban J connectivity index is 2.80. The Morgan fingerprint density at radius 2 is 1.88 bits per heavy atom. The van der Waals surface area contributed by atoms with Crippen molar-refractivity contribution in [2.45, 2.75) is 0 Å². The van der Waals surface area contributed by atoms with Gasteiger partial charge in [-0.05, 0) is 12.1 Å². The van der Waals surface area contributed by atoms with Gasteiger partial charge in [-0.15, -0.1) is 0 Å². The van der Waals surface area contributed by atoms with E-state index in [1.807, 2.05) is 6.07 Å². The molecule has 0 aliphatic rings. The minimum Gasteiger partial charge on any atom is -0.383 e. The highest BCUT2D eigenvalue weighted by Crippen LogP contribution is 2.14. The monoisotopic (exact) mass is 232 g/mol. The molecule has 6 nitrogen and oxygen atoms in total. The Kier molecular flexibility index (Phi) is 2.70. The molecule has 1 aromatic carbocycles. The van der Waals surface area contributed by atoms with Crippen molar-refractivity contribution in [1.82, 2.24) is 9.55 Å². The molecule has 0 bridgehead atoms. The third-order valence-electron chi connectivity index (χ3n) is 2.41. The summed E-state index contributed by atoms with van der Waals surface area (Å²) in [5, 5.41) is 2.67. The summed E-state index contributed by atoms with van der Waals surface area (Å²) in [5.41, 5.74) is 5.50. The van der Waals surface area contributed by atoms with Crippen molar-refractivity contribution < 1.29 is 0 Å². The maximum Gasteiger partial charge on any atom is 0.334 e. The molecule has 2 aromatic rings. The van der Waals surface area contributed by atoms with Crippen LogP contribution in [0.1, 0.15) is 0 Å². The van der Waals surface area contributed by atoms with Crippen molar-refractivity contribution in [2.24, 2.45) is 0 Å². The standard InChI is InChI=1S/C11H12N4O2/c1-13-8-9(12)15(11(17)14-10(8)16)7-5-3-2-4-6-7/h2-6,13H,12H2,1H3,(H,14,16,17). The number of nitrogens with one attached hydrogen (secondary N) is 2. The topological polar surface area (TPSA) is 92.9 Å². The van der Waals surface area contributed by atoms with Crippen molar-refractivity contribution in [3.63, 3.8) is 0 Å². The highest BCUT2D eigenvalue weighted by Gasteiger charge is 2.11. The van der Waals surface area contributed by atoms with Crippen molar-refractivity contribution >= 4 is 11.5 Å². The van der Waals surface area contributed by atoms with E-state index in [4.69, 9.17) is 5.73 Å². The van der Waals surface area contributed by atoms with Gasteiger partial charge in [0.2, 0.25) is 0 Å². The number of nitrogens with two attached hydrogens (primary N) is 1. The normalized spacial score (nSPS) is 10.2. The molecule has 0 aliphatic carbocycles. The molecule has 4 N–H and O–H groups in total. The first-order chi connectivity index (χ1) is 8.15. The fraction of sp³-hybridized carbons (Fsp3) is 0.0909. The van der Waals surface area contributed by atoms with Gasteiger partial charge in [0.25, 0.3) is 5.56 Å². The van der Waals surface area contributed by atoms with Gasteiger partial charge in [0.1, 0.15) is 11.5 Å². The molecular weight excluding hydrogens is 220 g/mol. The minimum absolute atomic E-state index is 0.0902. The molecule has 0 radical (unpaired) electrons. The van der Waals surface area contributed by atoms with Gasteiger partial charge >= 0.3 is 5.69 Å². The largest absolute Gasteiger partial charge is 0.383 e. The lowest BCUT2D eigenvalue weighted by Gasteiger charge is -2.11. The number of para-hydroxylation sites is 1. The summed E-state index contributed by atoms with van der Waals surface area (Å²) in [7, 11) is 1.57. The van der Waals surface area contributed by atoms with Crippen LogP contribution in [0.15, 0.2) is 39.9 Å². The summed E-state index contributed by atoms with van der Waals surface area (Å²) < 4.78 is 1.24. The molecule has 17 heavy (non-hydrogen) atoms. The van der Waals surface area contributed by atoms with Crippen LogP contribution in [-0.4, -0.2) is 16.6 Å². The number of nitrogen functional groups attached to an aromatic ring is 1. The molecule has 88 valence electrons. The van der Waals surface area contributed by atoms with Crippen molar-refractivity contribution in [2.75, 3.05) is 18.1 Å². The molecule has 0 fully saturated rings. The van der Waals surface area contributed by atoms with Gasteiger partial charge in [-0.1, -0.05) is 18.2 Å². The van der Waals surface area contributed by atoms with Crippen LogP contribution in [0.4, 0.5) is 11.5 Å². The molecule has 0 unspecified atom stereocenters. The van der Waals surface area contributed by atoms with E-state index < -0.39 is 11.2 Å². The molecule has 0 saturated heterocycles. The second-order valence-electron chi connectivity index (χ2n) is 3.44. The van der Waals surface area contributed by atoms with Gasteiger partial charge < -0.3 is 11.1 Å². The zero-order valence-electron chi connectivity index (χ0n) is 9.23. The van der Waals surface area contributed by atoms with Crippen molar-refractivity contribution in [1.29, 1.82) is 0 Å². The van der Waals surface area contributed by atoms with Crippen LogP contribution in [0.25, 0.3) is 5.69 Å². The van der Waals surface area contributed by atoms with Crippen LogP contribution >= 0.6 is 0 Å². The summed E-state index contributed by atoms with van der Waals surface area (Å²) in [4.78, 5) is 25.4. The van der Waals surface area contributed by atoms with Gasteiger partial charge in [0, 0.05) is 7.05 Å². The smallest absolute Gasteiger partial charge is 0.334 e. The highest BCUT2D eigenvalue weighted by molar-refractivity contribution is 5.62. The number of nitrogens with zero attached hydrogens (tertiary/aromatic N) is 1. The zero-order valence-corrected chi connectivity index (χ0v) is 9.23. The van der Waals surface area contributed by atoms with E-state index in [1.54, 1.807) is 31.3 Å². The second kappa shape index (κ2) is 4.17. The third kappa shape index (κ3) is 1.80. The fourth-order valence-corrected chi connectivity index (χ4v) is 1.63. The maximum absolute atomic E-state index is 11.7. The fourth-order valence-electron chi connectivity index (χ4n) is 1.63. The number of rotatable bonds is 2. The first kappa shape index (κ1) is 11.0. The number of anilines is 2. The summed E-state index contributed by atoms with van der Waals surface area (Å²) in [6, 6.07) is 8.86. The van der Waals surface area contributed by atoms with E-state index in [0.29, 0.717) is 5.69 Å². The maximum atomic E-state index is 11.7. The van der Waals surface area contributed by atoms with Crippen molar-refractivity contribution in [3.05, 3.63) is 51.2 Å². The molecule has 1 heterocycles. The van der Waals surface area contributed by atoms with Crippen LogP contribution in [-0.2, 0) is 0 Å². The minimum atomic E-state index is -0.558. The van der Waals surface area contributed by atoms with Crippen LogP contribution in [0.2, 0.25) is 0 Å². The molecule has 0 aliphatic heterocycles. The summed E-state index contributed by atoms with van der Waals surface area (Å²) in [6.07, 6.45) is 0. The number of hydrogen-bond donors (Lipinski definition) is 3. The lowest BCUT2D eigenvalue weighted by Crippen LogP contribution is -2.32. The van der Waals surface area contributed by atoms with Gasteiger partial charge in [-0.2, -0.15) is 0 Å². The summed E-state index contributed by atoms with van der Waals surface area (Å²) in [6.45, 7) is 0. The van der Waals surface area contributed by atoms with Crippen LogP contribution in [0.5, 0.6) is 0 Å². The number of H-pyrrole nitrogens is 1. The molecular formula is C11H12N4O2. The van der Waals surface area contributed by atoms with Gasteiger partial charge in [0.05, 0.1) is 5.69 Å². The SMILES string of the molecule is CNc1c(N)n(-c2ccccc2)c(=O)[nH]c1=O. The van der Waals surface area contributed by atoms with Crippen molar-refractivity contribution in [3.8, 4) is 5.69 Å². The molecule has 2 rings (SSSR count). The van der Waals surface area contributed by atoms with Crippen LogP contribution < -0.4 is 22.3 Å². The number of aromatic amines is 1. The highest BCUT2D eigenvalue weighted by atomic mass is 16.2. The average Bonchev–Trinajstić information content (AvgIpc) is 2.30. The molecule has 0 spiro atoms. The van der Waals surface area contributed by atoms with E-state index in [9.17, 15) is 9.59 Å². The Hall–Kier alpha value is -2.50. The van der Waals surface area contributed by atoms with Gasteiger partial charge in [-0.25, -0.2) is 9.36 Å². The van der Waals surface area contributed by atoms with Gasteiger partial charge in [0.15, 0.2) is 0 Å². The molecule has 1 aromatic heterocycles. The van der Waals surface area contributed by atoms with E-state index in [0.717, 1.165) is 0 Å². The Morgan fingerprint density at radius 3 is 2.47 bits per heavy atom. The Morgan fingerprint density at radius 1 is 1.24 bits per heavy atom. The third-order valence-corrected chi connectivity index (χ3v) is 2.41. The Labute approximate surface area is 96.7 Å². The second-order valence-corrected chi connectivity index (χ2v) is 3.44.